The summed E-state index contributed by atoms with van der Waals surface area (Å²) in [6.45, 7) is 8.00. The monoisotopic (exact) mass is 388 g/mol. The van der Waals surface area contributed by atoms with Crippen molar-refractivity contribution in [2.75, 3.05) is 12.4 Å². The van der Waals surface area contributed by atoms with Crippen LogP contribution >= 0.6 is 22.7 Å². The van der Waals surface area contributed by atoms with E-state index < -0.39 is 0 Å². The van der Waals surface area contributed by atoms with Gasteiger partial charge in [-0.05, 0) is 23.8 Å². The molecule has 3 heterocycles. The summed E-state index contributed by atoms with van der Waals surface area (Å²) in [6, 6.07) is 7.69. The summed E-state index contributed by atoms with van der Waals surface area (Å²) in [5.74, 6) is 0.231. The summed E-state index contributed by atoms with van der Waals surface area (Å²) in [5, 5.41) is 22.1. The van der Waals surface area contributed by atoms with Gasteiger partial charge in [0.2, 0.25) is 0 Å². The second-order valence-corrected chi connectivity index (χ2v) is 6.83. The maximum absolute atomic E-state index is 10.3. The fourth-order valence-electron chi connectivity index (χ4n) is 2.27. The molecule has 0 amide bonds. The standard InChI is InChI=1S/C15H12N4OS2.2C2H6/c1-16-13-5-12-15(22-13)19-14(21-12)10-3-2-8(4-11(10)20)9-6-17-18-7-9;2*1-2/h2-7,16,20H,1H3,(H,17,18);2*1-2H3. The maximum Gasteiger partial charge on any atom is 0.137 e. The third-order valence-electron chi connectivity index (χ3n) is 3.40. The second-order valence-electron chi connectivity index (χ2n) is 4.77. The summed E-state index contributed by atoms with van der Waals surface area (Å²) in [5.41, 5.74) is 2.62. The van der Waals surface area contributed by atoms with Crippen LogP contribution in [0.2, 0.25) is 0 Å². The highest BCUT2D eigenvalue weighted by Gasteiger charge is 2.13. The average molecular weight is 389 g/mol. The topological polar surface area (TPSA) is 73.8 Å². The number of thiazole rings is 1. The Morgan fingerprint density at radius 1 is 1.04 bits per heavy atom. The number of phenols is 1. The van der Waals surface area contributed by atoms with E-state index in [4.69, 9.17) is 0 Å². The van der Waals surface area contributed by atoms with Gasteiger partial charge in [-0.2, -0.15) is 5.10 Å². The van der Waals surface area contributed by atoms with Gasteiger partial charge in [-0.1, -0.05) is 45.1 Å². The van der Waals surface area contributed by atoms with Gasteiger partial charge in [-0.3, -0.25) is 5.10 Å². The highest BCUT2D eigenvalue weighted by molar-refractivity contribution is 7.30. The van der Waals surface area contributed by atoms with Crippen LogP contribution in [0, 0.1) is 0 Å². The van der Waals surface area contributed by atoms with Gasteiger partial charge in [0.1, 0.15) is 15.6 Å². The molecule has 4 aromatic rings. The van der Waals surface area contributed by atoms with Crippen LogP contribution in [-0.2, 0) is 0 Å². The molecule has 0 aliphatic rings. The number of fused-ring (bicyclic) bond motifs is 1. The molecule has 26 heavy (non-hydrogen) atoms. The van der Waals surface area contributed by atoms with Crippen molar-refractivity contribution < 1.29 is 5.11 Å². The predicted molar refractivity (Wildman–Crippen MR) is 114 cm³/mol. The molecule has 0 aliphatic carbocycles. The van der Waals surface area contributed by atoms with Crippen LogP contribution in [0.4, 0.5) is 5.00 Å². The van der Waals surface area contributed by atoms with E-state index in [2.05, 4.69) is 26.6 Å². The second kappa shape index (κ2) is 9.35. The largest absolute Gasteiger partial charge is 0.507 e. The van der Waals surface area contributed by atoms with Crippen molar-refractivity contribution in [3.05, 3.63) is 36.7 Å². The van der Waals surface area contributed by atoms with Gasteiger partial charge in [0.05, 0.1) is 21.5 Å². The van der Waals surface area contributed by atoms with Gasteiger partial charge in [0, 0.05) is 18.8 Å². The Balaban J connectivity index is 0.000000570. The molecule has 1 aromatic carbocycles. The van der Waals surface area contributed by atoms with Crippen LogP contribution in [0.5, 0.6) is 5.75 Å². The Morgan fingerprint density at radius 2 is 1.81 bits per heavy atom. The Kier molecular flexibility index (Phi) is 7.17. The number of phenolic OH excluding ortho intramolecular Hbond substituents is 1. The van der Waals surface area contributed by atoms with Gasteiger partial charge in [-0.25, -0.2) is 4.98 Å². The molecular formula is C19H24N4OS2. The van der Waals surface area contributed by atoms with E-state index in [0.717, 1.165) is 36.2 Å². The lowest BCUT2D eigenvalue weighted by atomic mass is 10.1. The maximum atomic E-state index is 10.3. The van der Waals surface area contributed by atoms with Gasteiger partial charge in [0.15, 0.2) is 0 Å². The third-order valence-corrected chi connectivity index (χ3v) is 5.61. The SMILES string of the molecule is CC.CC.CNc1cc2sc(-c3ccc(-c4cn[nH]c4)cc3O)nc2s1. The molecule has 3 aromatic heterocycles. The van der Waals surface area contributed by atoms with Crippen LogP contribution in [-0.4, -0.2) is 27.3 Å². The number of rotatable bonds is 3. The Morgan fingerprint density at radius 3 is 2.38 bits per heavy atom. The molecule has 0 saturated heterocycles. The van der Waals surface area contributed by atoms with Crippen LogP contribution in [0.15, 0.2) is 36.7 Å². The lowest BCUT2D eigenvalue weighted by Crippen LogP contribution is -1.81. The van der Waals surface area contributed by atoms with Crippen molar-refractivity contribution in [3.63, 3.8) is 0 Å². The molecule has 0 radical (unpaired) electrons. The highest BCUT2D eigenvalue weighted by Crippen LogP contribution is 2.40. The number of hydrogen-bond donors (Lipinski definition) is 3. The molecule has 0 fully saturated rings. The number of hydrogen-bond acceptors (Lipinski definition) is 6. The first kappa shape index (κ1) is 19.9. The summed E-state index contributed by atoms with van der Waals surface area (Å²) in [6.07, 6.45) is 3.53. The first-order chi connectivity index (χ1) is 12.7. The molecule has 0 aliphatic heterocycles. The minimum Gasteiger partial charge on any atom is -0.507 e. The lowest BCUT2D eigenvalue weighted by Gasteiger charge is -2.03. The number of nitrogens with zero attached hydrogens (tertiary/aromatic N) is 2. The number of nitrogens with one attached hydrogen (secondary N) is 2. The number of anilines is 1. The minimum absolute atomic E-state index is 0.231. The number of aromatic nitrogens is 3. The van der Waals surface area contributed by atoms with E-state index in [-0.39, 0.29) is 5.75 Å². The van der Waals surface area contributed by atoms with Crippen LogP contribution in [0.1, 0.15) is 27.7 Å². The quantitative estimate of drug-likeness (QED) is 0.390. The molecule has 5 nitrogen and oxygen atoms in total. The number of benzene rings is 1. The average Bonchev–Trinajstić information content (AvgIpc) is 3.41. The fourth-order valence-corrected chi connectivity index (χ4v) is 4.38. The molecular weight excluding hydrogens is 364 g/mol. The molecule has 0 saturated carbocycles. The number of thiophene rings is 1. The molecule has 138 valence electrons. The number of aromatic hydroxyl groups is 1. The summed E-state index contributed by atoms with van der Waals surface area (Å²) < 4.78 is 1.13. The van der Waals surface area contributed by atoms with Gasteiger partial charge < -0.3 is 10.4 Å². The van der Waals surface area contributed by atoms with E-state index in [1.54, 1.807) is 41.1 Å². The summed E-state index contributed by atoms with van der Waals surface area (Å²) in [7, 11) is 1.90. The van der Waals surface area contributed by atoms with E-state index in [9.17, 15) is 5.11 Å². The molecule has 7 heteroatoms. The van der Waals surface area contributed by atoms with Crippen molar-refractivity contribution in [3.8, 4) is 27.4 Å². The van der Waals surface area contributed by atoms with Gasteiger partial charge >= 0.3 is 0 Å². The van der Waals surface area contributed by atoms with Gasteiger partial charge in [0.25, 0.3) is 0 Å². The predicted octanol–water partition coefficient (Wildman–Crippen LogP) is 6.21. The molecule has 4 rings (SSSR count). The van der Waals surface area contributed by atoms with Gasteiger partial charge in [-0.15, -0.1) is 11.3 Å². The Hall–Kier alpha value is -2.38. The van der Waals surface area contributed by atoms with Crippen molar-refractivity contribution >= 4 is 37.2 Å². The van der Waals surface area contributed by atoms with Crippen molar-refractivity contribution in [1.29, 1.82) is 0 Å². The first-order valence-corrected chi connectivity index (χ1v) is 10.3. The van der Waals surface area contributed by atoms with Crippen LogP contribution in [0.25, 0.3) is 31.2 Å². The van der Waals surface area contributed by atoms with E-state index in [0.29, 0.717) is 0 Å². The van der Waals surface area contributed by atoms with E-state index >= 15 is 0 Å². The summed E-state index contributed by atoms with van der Waals surface area (Å²) >= 11 is 3.20. The zero-order chi connectivity index (χ0) is 19.1. The van der Waals surface area contributed by atoms with E-state index in [1.807, 2.05) is 46.9 Å². The Bertz CT molecular complexity index is 910. The zero-order valence-electron chi connectivity index (χ0n) is 15.6. The lowest BCUT2D eigenvalue weighted by molar-refractivity contribution is 0.477. The smallest absolute Gasteiger partial charge is 0.137 e. The minimum atomic E-state index is 0.231. The normalized spacial score (nSPS) is 9.88. The van der Waals surface area contributed by atoms with Crippen LogP contribution in [0.3, 0.4) is 0 Å². The van der Waals surface area contributed by atoms with Crippen molar-refractivity contribution in [2.24, 2.45) is 0 Å². The molecule has 0 bridgehead atoms. The van der Waals surface area contributed by atoms with Crippen molar-refractivity contribution in [2.45, 2.75) is 27.7 Å². The number of aromatic amines is 1. The first-order valence-electron chi connectivity index (χ1n) is 8.65. The Labute approximate surface area is 161 Å². The molecule has 0 unspecified atom stereocenters. The molecule has 0 spiro atoms. The zero-order valence-corrected chi connectivity index (χ0v) is 17.3. The number of H-pyrrole nitrogens is 1. The molecule has 0 atom stereocenters. The fraction of sp³-hybridized carbons (Fsp3) is 0.263. The summed E-state index contributed by atoms with van der Waals surface area (Å²) in [4.78, 5) is 5.61. The van der Waals surface area contributed by atoms with Crippen LogP contribution < -0.4 is 5.32 Å². The third kappa shape index (κ3) is 4.05. The highest BCUT2D eigenvalue weighted by atomic mass is 32.1. The molecule has 3 N–H and O–H groups in total. The van der Waals surface area contributed by atoms with Crippen molar-refractivity contribution in [1.82, 2.24) is 15.2 Å². The van der Waals surface area contributed by atoms with E-state index in [1.165, 1.54) is 0 Å².